The van der Waals surface area contributed by atoms with E-state index in [4.69, 9.17) is 0 Å². The second kappa shape index (κ2) is 4.65. The van der Waals surface area contributed by atoms with Crippen molar-refractivity contribution < 1.29 is 0 Å². The number of pyridine rings is 1. The molecule has 1 rings (SSSR count). The maximum atomic E-state index is 11.3. The van der Waals surface area contributed by atoms with Crippen LogP contribution in [0.2, 0.25) is 0 Å². The SMILES string of the molecule is CCCC(C)C(C)(C)c1cccc(=O)[nH]1. The van der Waals surface area contributed by atoms with E-state index in [1.54, 1.807) is 6.07 Å². The molecule has 1 heterocycles. The molecule has 1 aromatic rings. The van der Waals surface area contributed by atoms with Gasteiger partial charge in [-0.25, -0.2) is 0 Å². The fourth-order valence-electron chi connectivity index (χ4n) is 1.88. The van der Waals surface area contributed by atoms with Crippen molar-refractivity contribution in [1.82, 2.24) is 4.98 Å². The van der Waals surface area contributed by atoms with Gasteiger partial charge in [0.05, 0.1) is 0 Å². The highest BCUT2D eigenvalue weighted by molar-refractivity contribution is 5.15. The summed E-state index contributed by atoms with van der Waals surface area (Å²) in [5, 5.41) is 0. The molecule has 0 amide bonds. The number of hydrogen-bond acceptors (Lipinski definition) is 1. The van der Waals surface area contributed by atoms with Crippen LogP contribution in [0, 0.1) is 5.92 Å². The van der Waals surface area contributed by atoms with E-state index in [9.17, 15) is 4.79 Å². The second-order valence-corrected chi connectivity index (χ2v) is 4.84. The molecule has 1 N–H and O–H groups in total. The van der Waals surface area contributed by atoms with Gasteiger partial charge < -0.3 is 4.98 Å². The number of nitrogens with one attached hydrogen (secondary N) is 1. The highest BCUT2D eigenvalue weighted by Crippen LogP contribution is 2.32. The van der Waals surface area contributed by atoms with E-state index < -0.39 is 0 Å². The summed E-state index contributed by atoms with van der Waals surface area (Å²) in [7, 11) is 0. The van der Waals surface area contributed by atoms with Crippen LogP contribution >= 0.6 is 0 Å². The molecule has 0 fully saturated rings. The van der Waals surface area contributed by atoms with Crippen LogP contribution in [-0.2, 0) is 5.41 Å². The molecular weight excluding hydrogens is 186 g/mol. The van der Waals surface area contributed by atoms with Crippen molar-refractivity contribution in [3.8, 4) is 0 Å². The molecular formula is C13H21NO. The average Bonchev–Trinajstić information content (AvgIpc) is 2.18. The minimum atomic E-state index is -0.00993. The van der Waals surface area contributed by atoms with Gasteiger partial charge in [-0.1, -0.05) is 46.6 Å². The van der Waals surface area contributed by atoms with Gasteiger partial charge in [-0.05, 0) is 12.0 Å². The fourth-order valence-corrected chi connectivity index (χ4v) is 1.88. The van der Waals surface area contributed by atoms with Crippen molar-refractivity contribution in [2.24, 2.45) is 5.92 Å². The molecule has 0 spiro atoms. The Morgan fingerprint density at radius 1 is 1.40 bits per heavy atom. The van der Waals surface area contributed by atoms with Crippen LogP contribution in [0.1, 0.15) is 46.2 Å². The maximum absolute atomic E-state index is 11.3. The summed E-state index contributed by atoms with van der Waals surface area (Å²) in [5.41, 5.74) is 1.07. The maximum Gasteiger partial charge on any atom is 0.248 e. The highest BCUT2D eigenvalue weighted by Gasteiger charge is 2.27. The standard InChI is InChI=1S/C13H21NO/c1-5-7-10(2)13(3,4)11-8-6-9-12(15)14-11/h6,8-10H,5,7H2,1-4H3,(H,14,15). The van der Waals surface area contributed by atoms with Gasteiger partial charge in [0, 0.05) is 17.2 Å². The zero-order valence-corrected chi connectivity index (χ0v) is 10.1. The van der Waals surface area contributed by atoms with Crippen molar-refractivity contribution in [3.05, 3.63) is 34.2 Å². The van der Waals surface area contributed by atoms with Crippen molar-refractivity contribution >= 4 is 0 Å². The van der Waals surface area contributed by atoms with E-state index in [0.29, 0.717) is 5.92 Å². The summed E-state index contributed by atoms with van der Waals surface area (Å²) in [6.45, 7) is 8.83. The molecule has 2 heteroatoms. The third kappa shape index (κ3) is 2.71. The van der Waals surface area contributed by atoms with E-state index in [1.807, 2.05) is 12.1 Å². The van der Waals surface area contributed by atoms with Crippen LogP contribution in [0.15, 0.2) is 23.0 Å². The molecule has 1 atom stereocenters. The molecule has 1 unspecified atom stereocenters. The molecule has 0 bridgehead atoms. The molecule has 1 aromatic heterocycles. The van der Waals surface area contributed by atoms with E-state index in [-0.39, 0.29) is 11.0 Å². The van der Waals surface area contributed by atoms with Gasteiger partial charge in [0.25, 0.3) is 0 Å². The third-order valence-corrected chi connectivity index (χ3v) is 3.42. The smallest absolute Gasteiger partial charge is 0.248 e. The topological polar surface area (TPSA) is 32.9 Å². The van der Waals surface area contributed by atoms with Gasteiger partial charge in [0.15, 0.2) is 0 Å². The zero-order chi connectivity index (χ0) is 11.5. The first kappa shape index (κ1) is 12.0. The van der Waals surface area contributed by atoms with Gasteiger partial charge in [-0.15, -0.1) is 0 Å². The number of aromatic amines is 1. The van der Waals surface area contributed by atoms with Gasteiger partial charge in [-0.2, -0.15) is 0 Å². The molecule has 0 aliphatic heterocycles. The number of hydrogen-bond donors (Lipinski definition) is 1. The van der Waals surface area contributed by atoms with Crippen LogP contribution in [0.3, 0.4) is 0 Å². The first-order chi connectivity index (χ1) is 6.98. The fraction of sp³-hybridized carbons (Fsp3) is 0.615. The molecule has 0 saturated heterocycles. The van der Waals surface area contributed by atoms with E-state index in [1.165, 1.54) is 12.8 Å². The van der Waals surface area contributed by atoms with Gasteiger partial charge in [0.1, 0.15) is 0 Å². The Morgan fingerprint density at radius 3 is 2.60 bits per heavy atom. The van der Waals surface area contributed by atoms with Crippen LogP contribution < -0.4 is 5.56 Å². The van der Waals surface area contributed by atoms with Crippen LogP contribution in [-0.4, -0.2) is 4.98 Å². The number of H-pyrrole nitrogens is 1. The largest absolute Gasteiger partial charge is 0.326 e. The van der Waals surface area contributed by atoms with Crippen LogP contribution in [0.5, 0.6) is 0 Å². The Bertz CT molecular complexity index is 365. The lowest BCUT2D eigenvalue weighted by atomic mass is 9.75. The van der Waals surface area contributed by atoms with Crippen molar-refractivity contribution in [1.29, 1.82) is 0 Å². The van der Waals surface area contributed by atoms with E-state index >= 15 is 0 Å². The summed E-state index contributed by atoms with van der Waals surface area (Å²) in [4.78, 5) is 14.2. The summed E-state index contributed by atoms with van der Waals surface area (Å²) in [6.07, 6.45) is 2.37. The van der Waals surface area contributed by atoms with Gasteiger partial charge in [-0.3, -0.25) is 4.79 Å². The van der Waals surface area contributed by atoms with Crippen molar-refractivity contribution in [3.63, 3.8) is 0 Å². The quantitative estimate of drug-likeness (QED) is 0.808. The number of rotatable bonds is 4. The Morgan fingerprint density at radius 2 is 2.07 bits per heavy atom. The Labute approximate surface area is 91.7 Å². The predicted molar refractivity (Wildman–Crippen MR) is 64.2 cm³/mol. The third-order valence-electron chi connectivity index (χ3n) is 3.42. The minimum Gasteiger partial charge on any atom is -0.326 e. The minimum absolute atomic E-state index is 0.00993. The lowest BCUT2D eigenvalue weighted by molar-refractivity contribution is 0.313. The molecule has 0 saturated carbocycles. The summed E-state index contributed by atoms with van der Waals surface area (Å²) >= 11 is 0. The van der Waals surface area contributed by atoms with Crippen LogP contribution in [0.25, 0.3) is 0 Å². The first-order valence-corrected chi connectivity index (χ1v) is 5.68. The summed E-state index contributed by atoms with van der Waals surface area (Å²) in [6, 6.07) is 5.40. The Kier molecular flexibility index (Phi) is 3.72. The molecule has 0 aliphatic carbocycles. The summed E-state index contributed by atoms with van der Waals surface area (Å²) < 4.78 is 0. The van der Waals surface area contributed by atoms with Crippen molar-refractivity contribution in [2.45, 2.75) is 46.0 Å². The molecule has 84 valence electrons. The molecule has 2 nitrogen and oxygen atoms in total. The highest BCUT2D eigenvalue weighted by atomic mass is 16.1. The monoisotopic (exact) mass is 207 g/mol. The molecule has 0 radical (unpaired) electrons. The average molecular weight is 207 g/mol. The normalized spacial score (nSPS) is 13.9. The Balaban J connectivity index is 2.99. The molecule has 0 aliphatic rings. The van der Waals surface area contributed by atoms with Gasteiger partial charge >= 0.3 is 0 Å². The van der Waals surface area contributed by atoms with E-state index in [2.05, 4.69) is 32.7 Å². The lowest BCUT2D eigenvalue weighted by Crippen LogP contribution is -2.29. The van der Waals surface area contributed by atoms with Crippen LogP contribution in [0.4, 0.5) is 0 Å². The zero-order valence-electron chi connectivity index (χ0n) is 10.1. The first-order valence-electron chi connectivity index (χ1n) is 5.68. The molecule has 15 heavy (non-hydrogen) atoms. The molecule has 0 aromatic carbocycles. The number of aromatic nitrogens is 1. The lowest BCUT2D eigenvalue weighted by Gasteiger charge is -2.31. The summed E-state index contributed by atoms with van der Waals surface area (Å²) in [5.74, 6) is 0.570. The van der Waals surface area contributed by atoms with Crippen molar-refractivity contribution in [2.75, 3.05) is 0 Å². The second-order valence-electron chi connectivity index (χ2n) is 4.84. The van der Waals surface area contributed by atoms with Gasteiger partial charge in [0.2, 0.25) is 5.56 Å². The predicted octanol–water partition coefficient (Wildman–Crippen LogP) is 3.09. The van der Waals surface area contributed by atoms with E-state index in [0.717, 1.165) is 5.69 Å². The Hall–Kier alpha value is -1.05.